The SMILES string of the molecule is Cc1ccc([C@H]2CC(c3cccs3)=NN2C(=O)CSC(=S)N2CCSCC2)cc1. The first kappa shape index (κ1) is 20.9. The van der Waals surface area contributed by atoms with Gasteiger partial charge in [-0.25, -0.2) is 5.01 Å². The molecule has 152 valence electrons. The van der Waals surface area contributed by atoms with Crippen molar-refractivity contribution in [3.63, 3.8) is 0 Å². The fourth-order valence-electron chi connectivity index (χ4n) is 3.41. The summed E-state index contributed by atoms with van der Waals surface area (Å²) in [5.74, 6) is 2.54. The maximum absolute atomic E-state index is 13.1. The highest BCUT2D eigenvalue weighted by Crippen LogP contribution is 2.34. The van der Waals surface area contributed by atoms with Crippen LogP contribution in [0.3, 0.4) is 0 Å². The summed E-state index contributed by atoms with van der Waals surface area (Å²) in [4.78, 5) is 16.5. The van der Waals surface area contributed by atoms with Crippen LogP contribution in [0.25, 0.3) is 0 Å². The Kier molecular flexibility index (Phi) is 6.95. The molecule has 4 nitrogen and oxygen atoms in total. The topological polar surface area (TPSA) is 35.9 Å². The van der Waals surface area contributed by atoms with Crippen molar-refractivity contribution >= 4 is 63.0 Å². The molecule has 2 aliphatic rings. The van der Waals surface area contributed by atoms with Crippen molar-refractivity contribution in [1.82, 2.24) is 9.91 Å². The Labute approximate surface area is 189 Å². The first-order valence-electron chi connectivity index (χ1n) is 9.61. The lowest BCUT2D eigenvalue weighted by molar-refractivity contribution is -0.130. The monoisotopic (exact) mass is 461 g/mol. The van der Waals surface area contributed by atoms with E-state index in [0.717, 1.165) is 51.5 Å². The Morgan fingerprint density at radius 1 is 1.24 bits per heavy atom. The fraction of sp³-hybridized carbons (Fsp3) is 0.381. The molecule has 1 aromatic carbocycles. The minimum absolute atomic E-state index is 0.0147. The molecule has 4 rings (SSSR count). The number of rotatable bonds is 4. The highest BCUT2D eigenvalue weighted by Gasteiger charge is 2.33. The van der Waals surface area contributed by atoms with E-state index in [2.05, 4.69) is 47.5 Å². The number of thiophene rings is 1. The van der Waals surface area contributed by atoms with Crippen LogP contribution < -0.4 is 0 Å². The number of nitrogens with zero attached hydrogens (tertiary/aromatic N) is 3. The van der Waals surface area contributed by atoms with E-state index in [9.17, 15) is 4.79 Å². The number of aryl methyl sites for hydroxylation is 1. The molecule has 0 unspecified atom stereocenters. The molecule has 0 saturated carbocycles. The zero-order valence-corrected chi connectivity index (χ0v) is 19.5. The third kappa shape index (κ3) is 5.05. The predicted octanol–water partition coefficient (Wildman–Crippen LogP) is 4.80. The molecule has 0 spiro atoms. The van der Waals surface area contributed by atoms with Crippen LogP contribution >= 0.6 is 47.1 Å². The molecule has 29 heavy (non-hydrogen) atoms. The highest BCUT2D eigenvalue weighted by molar-refractivity contribution is 8.23. The average Bonchev–Trinajstić information content (AvgIpc) is 3.43. The molecule has 1 fully saturated rings. The lowest BCUT2D eigenvalue weighted by Crippen LogP contribution is -2.36. The van der Waals surface area contributed by atoms with Crippen molar-refractivity contribution in [3.05, 3.63) is 57.8 Å². The second-order valence-corrected chi connectivity index (χ2v) is 10.8. The fourth-order valence-corrected chi connectivity index (χ4v) is 6.13. The lowest BCUT2D eigenvalue weighted by atomic mass is 10.00. The first-order valence-corrected chi connectivity index (χ1v) is 13.0. The number of amides is 1. The minimum Gasteiger partial charge on any atom is -0.356 e. The summed E-state index contributed by atoms with van der Waals surface area (Å²) in [6, 6.07) is 12.5. The van der Waals surface area contributed by atoms with Crippen molar-refractivity contribution in [2.75, 3.05) is 30.3 Å². The van der Waals surface area contributed by atoms with Crippen molar-refractivity contribution in [3.8, 4) is 0 Å². The van der Waals surface area contributed by atoms with Gasteiger partial charge in [0.15, 0.2) is 0 Å². The highest BCUT2D eigenvalue weighted by atomic mass is 32.2. The van der Waals surface area contributed by atoms with Gasteiger partial charge in [0, 0.05) is 31.0 Å². The van der Waals surface area contributed by atoms with Gasteiger partial charge in [0.05, 0.1) is 22.4 Å². The van der Waals surface area contributed by atoms with Crippen LogP contribution in [0.5, 0.6) is 0 Å². The number of thioether (sulfide) groups is 2. The van der Waals surface area contributed by atoms with Crippen molar-refractivity contribution < 1.29 is 4.79 Å². The lowest BCUT2D eigenvalue weighted by Gasteiger charge is -2.28. The second kappa shape index (κ2) is 9.64. The molecule has 1 amide bonds. The molecule has 0 N–H and O–H groups in total. The van der Waals surface area contributed by atoms with Crippen LogP contribution in [0, 0.1) is 6.92 Å². The van der Waals surface area contributed by atoms with Crippen molar-refractivity contribution in [2.45, 2.75) is 19.4 Å². The quantitative estimate of drug-likeness (QED) is 0.611. The second-order valence-electron chi connectivity index (χ2n) is 7.05. The van der Waals surface area contributed by atoms with Crippen molar-refractivity contribution in [1.29, 1.82) is 0 Å². The number of hydrogen-bond donors (Lipinski definition) is 0. The molecular weight excluding hydrogens is 439 g/mol. The average molecular weight is 462 g/mol. The van der Waals surface area contributed by atoms with Crippen LogP contribution in [0.1, 0.15) is 28.5 Å². The van der Waals surface area contributed by atoms with Crippen molar-refractivity contribution in [2.24, 2.45) is 5.10 Å². The molecular formula is C21H23N3OS4. The van der Waals surface area contributed by atoms with Crippen LogP contribution in [0.2, 0.25) is 0 Å². The van der Waals surface area contributed by atoms with Crippen LogP contribution in [-0.2, 0) is 4.79 Å². The van der Waals surface area contributed by atoms with E-state index in [1.807, 2.05) is 17.8 Å². The molecule has 0 aliphatic carbocycles. The Morgan fingerprint density at radius 3 is 2.69 bits per heavy atom. The Morgan fingerprint density at radius 2 is 2.00 bits per heavy atom. The maximum atomic E-state index is 13.1. The summed E-state index contributed by atoms with van der Waals surface area (Å²) in [7, 11) is 0. The van der Waals surface area contributed by atoms with E-state index < -0.39 is 0 Å². The Hall–Kier alpha value is -1.35. The maximum Gasteiger partial charge on any atom is 0.253 e. The largest absolute Gasteiger partial charge is 0.356 e. The molecule has 1 saturated heterocycles. The zero-order valence-electron chi connectivity index (χ0n) is 16.2. The molecule has 8 heteroatoms. The van der Waals surface area contributed by atoms with E-state index >= 15 is 0 Å². The summed E-state index contributed by atoms with van der Waals surface area (Å²) in [6.45, 7) is 4.02. The van der Waals surface area contributed by atoms with E-state index in [1.165, 1.54) is 17.3 Å². The van der Waals surface area contributed by atoms with Gasteiger partial charge in [0.1, 0.15) is 4.32 Å². The molecule has 2 aliphatic heterocycles. The van der Waals surface area contributed by atoms with Gasteiger partial charge in [-0.05, 0) is 23.9 Å². The number of hydrazone groups is 1. The number of carbonyl (C=O) groups excluding carboxylic acids is 1. The number of carbonyl (C=O) groups is 1. The van der Waals surface area contributed by atoms with Gasteiger partial charge in [-0.3, -0.25) is 4.79 Å². The standard InChI is InChI=1S/C21H23N3OS4/c1-15-4-6-16(7-5-15)18-13-17(19-3-2-10-28-19)22-24(18)20(25)14-29-21(26)23-8-11-27-12-9-23/h2-7,10,18H,8-9,11-14H2,1H3/t18-/m1/s1. The van der Waals surface area contributed by atoms with E-state index in [1.54, 1.807) is 16.3 Å². The summed E-state index contributed by atoms with van der Waals surface area (Å²) in [5.41, 5.74) is 3.32. The molecule has 2 aromatic rings. The number of hydrogen-bond acceptors (Lipinski definition) is 6. The molecule has 0 radical (unpaired) electrons. The van der Waals surface area contributed by atoms with Crippen LogP contribution in [-0.4, -0.2) is 56.2 Å². The first-order chi connectivity index (χ1) is 14.1. The van der Waals surface area contributed by atoms with E-state index in [4.69, 9.17) is 17.3 Å². The predicted molar refractivity (Wildman–Crippen MR) is 130 cm³/mol. The van der Waals surface area contributed by atoms with Gasteiger partial charge in [-0.15, -0.1) is 11.3 Å². The van der Waals surface area contributed by atoms with Gasteiger partial charge < -0.3 is 4.90 Å². The van der Waals surface area contributed by atoms with Crippen LogP contribution in [0.4, 0.5) is 0 Å². The zero-order chi connectivity index (χ0) is 20.2. The third-order valence-corrected chi connectivity index (χ3v) is 8.39. The molecule has 3 heterocycles. The Balaban J connectivity index is 1.48. The molecule has 1 atom stereocenters. The van der Waals surface area contributed by atoms with Gasteiger partial charge in [0.25, 0.3) is 5.91 Å². The summed E-state index contributed by atoms with van der Waals surface area (Å²) in [6.07, 6.45) is 0.744. The summed E-state index contributed by atoms with van der Waals surface area (Å²) < 4.78 is 0.826. The number of thiocarbonyl (C=S) groups is 1. The smallest absolute Gasteiger partial charge is 0.253 e. The van der Waals surface area contributed by atoms with Crippen LogP contribution in [0.15, 0.2) is 46.9 Å². The van der Waals surface area contributed by atoms with Gasteiger partial charge in [-0.2, -0.15) is 16.9 Å². The molecule has 0 bridgehead atoms. The van der Waals surface area contributed by atoms with E-state index in [-0.39, 0.29) is 11.9 Å². The van der Waals surface area contributed by atoms with E-state index in [0.29, 0.717) is 5.75 Å². The van der Waals surface area contributed by atoms with Gasteiger partial charge >= 0.3 is 0 Å². The van der Waals surface area contributed by atoms with Gasteiger partial charge in [-0.1, -0.05) is 59.9 Å². The number of benzene rings is 1. The van der Waals surface area contributed by atoms with Gasteiger partial charge in [0.2, 0.25) is 0 Å². The molecule has 1 aromatic heterocycles. The Bertz CT molecular complexity index is 889. The summed E-state index contributed by atoms with van der Waals surface area (Å²) >= 11 is 10.7. The minimum atomic E-state index is -0.0549. The third-order valence-electron chi connectivity index (χ3n) is 5.02. The normalized spacial score (nSPS) is 19.3. The summed E-state index contributed by atoms with van der Waals surface area (Å²) in [5, 5.41) is 8.47.